The van der Waals surface area contributed by atoms with E-state index >= 15 is 0 Å². The number of carbonyl (C=O) groups excluding carboxylic acids is 1. The first-order valence-electron chi connectivity index (χ1n) is 10.5. The van der Waals surface area contributed by atoms with Crippen LogP contribution in [0.3, 0.4) is 0 Å². The first kappa shape index (κ1) is 23.5. The minimum absolute atomic E-state index is 0.0182. The van der Waals surface area contributed by atoms with Gasteiger partial charge in [-0.25, -0.2) is 18.5 Å². The molecule has 0 spiro atoms. The highest BCUT2D eigenvalue weighted by Gasteiger charge is 2.39. The summed E-state index contributed by atoms with van der Waals surface area (Å²) in [5.74, 6) is 1.41. The molecule has 0 saturated carbocycles. The number of benzene rings is 2. The molecule has 10 nitrogen and oxygen atoms in total. The maximum atomic E-state index is 12.6. The van der Waals surface area contributed by atoms with E-state index in [1.165, 1.54) is 12.1 Å². The Bertz CT molecular complexity index is 1390. The largest absolute Gasteiger partial charge is 0.476 e. The van der Waals surface area contributed by atoms with Crippen LogP contribution in [0.2, 0.25) is 0 Å². The van der Waals surface area contributed by atoms with E-state index in [0.29, 0.717) is 28.9 Å². The number of ether oxygens (including phenoxy) is 1. The summed E-state index contributed by atoms with van der Waals surface area (Å²) in [7, 11) is -2.05. The number of nitrogens with one attached hydrogen (secondary N) is 2. The quantitative estimate of drug-likeness (QED) is 0.503. The number of amides is 1. The van der Waals surface area contributed by atoms with E-state index in [4.69, 9.17) is 9.88 Å². The number of likely N-dealkylation sites (N-methyl/N-ethyl adjacent to an activating group) is 1. The van der Waals surface area contributed by atoms with Gasteiger partial charge in [0.2, 0.25) is 16.0 Å². The van der Waals surface area contributed by atoms with E-state index in [1.807, 2.05) is 32.0 Å². The zero-order chi connectivity index (χ0) is 24.8. The summed E-state index contributed by atoms with van der Waals surface area (Å²) in [6.45, 7) is 7.25. The zero-order valence-electron chi connectivity index (χ0n) is 19.5. The number of hydrogen-bond acceptors (Lipinski definition) is 8. The molecule has 1 aliphatic rings. The summed E-state index contributed by atoms with van der Waals surface area (Å²) in [4.78, 5) is 23.2. The number of aryl methyl sites for hydroxylation is 1. The second-order valence-electron chi connectivity index (χ2n) is 8.58. The lowest BCUT2D eigenvalue weighted by Gasteiger charge is -2.37. The Balaban J connectivity index is 1.61. The number of fused-ring (bicyclic) bond motifs is 1. The molecule has 11 heteroatoms. The smallest absolute Gasteiger partial charge is 0.270 e. The summed E-state index contributed by atoms with van der Waals surface area (Å²) < 4.78 is 28.8. The lowest BCUT2D eigenvalue weighted by molar-refractivity contribution is -0.132. The van der Waals surface area contributed by atoms with Gasteiger partial charge < -0.3 is 20.3 Å². The average molecular weight is 483 g/mol. The van der Waals surface area contributed by atoms with Crippen molar-refractivity contribution in [2.45, 2.75) is 38.2 Å². The molecule has 1 aliphatic heterocycles. The van der Waals surface area contributed by atoms with Crippen molar-refractivity contribution < 1.29 is 17.9 Å². The van der Waals surface area contributed by atoms with E-state index in [2.05, 4.69) is 20.6 Å². The topological polar surface area (TPSA) is 140 Å². The van der Waals surface area contributed by atoms with Gasteiger partial charge in [-0.3, -0.25) is 4.79 Å². The second-order valence-corrected chi connectivity index (χ2v) is 10.1. The third-order valence-electron chi connectivity index (χ3n) is 5.60. The third-order valence-corrected chi connectivity index (χ3v) is 6.53. The number of nitrogens with zero attached hydrogens (tertiary/aromatic N) is 3. The van der Waals surface area contributed by atoms with Gasteiger partial charge in [-0.15, -0.1) is 0 Å². The van der Waals surface area contributed by atoms with Crippen molar-refractivity contribution in [1.29, 1.82) is 0 Å². The van der Waals surface area contributed by atoms with E-state index in [0.717, 1.165) is 16.9 Å². The van der Waals surface area contributed by atoms with E-state index in [1.54, 1.807) is 37.9 Å². The van der Waals surface area contributed by atoms with Crippen LogP contribution in [0.15, 0.2) is 47.4 Å². The molecule has 0 fully saturated rings. The number of anilines is 5. The molecule has 0 radical (unpaired) electrons. The van der Waals surface area contributed by atoms with Crippen molar-refractivity contribution in [2.24, 2.45) is 5.14 Å². The van der Waals surface area contributed by atoms with Crippen molar-refractivity contribution in [3.8, 4) is 5.75 Å². The van der Waals surface area contributed by atoms with Crippen LogP contribution in [0.25, 0.3) is 0 Å². The van der Waals surface area contributed by atoms with Crippen LogP contribution in [0.1, 0.15) is 25.1 Å². The van der Waals surface area contributed by atoms with Gasteiger partial charge in [-0.05, 0) is 70.2 Å². The summed E-state index contributed by atoms with van der Waals surface area (Å²) in [5, 5.41) is 11.5. The molecule has 3 aromatic rings. The maximum Gasteiger partial charge on any atom is 0.270 e. The number of sulfonamides is 1. The van der Waals surface area contributed by atoms with Crippen molar-refractivity contribution in [2.75, 3.05) is 22.6 Å². The first-order valence-corrected chi connectivity index (χ1v) is 12.0. The number of primary sulfonamides is 1. The number of carbonyl (C=O) groups is 1. The highest BCUT2D eigenvalue weighted by atomic mass is 32.2. The van der Waals surface area contributed by atoms with Crippen LogP contribution in [0, 0.1) is 13.8 Å². The van der Waals surface area contributed by atoms with Gasteiger partial charge in [-0.2, -0.15) is 4.98 Å². The van der Waals surface area contributed by atoms with Crippen LogP contribution < -0.4 is 25.4 Å². The summed E-state index contributed by atoms with van der Waals surface area (Å²) >= 11 is 0. The number of aromatic nitrogens is 2. The predicted molar refractivity (Wildman–Crippen MR) is 130 cm³/mol. The van der Waals surface area contributed by atoms with Crippen molar-refractivity contribution >= 4 is 44.8 Å². The van der Waals surface area contributed by atoms with E-state index < -0.39 is 15.6 Å². The van der Waals surface area contributed by atoms with Crippen molar-refractivity contribution in [1.82, 2.24) is 9.97 Å². The third kappa shape index (κ3) is 4.52. The summed E-state index contributed by atoms with van der Waals surface area (Å²) in [6.07, 6.45) is 0. The molecule has 1 amide bonds. The van der Waals surface area contributed by atoms with E-state index in [-0.39, 0.29) is 10.8 Å². The molecule has 0 atom stereocenters. The minimum Gasteiger partial charge on any atom is -0.476 e. The minimum atomic E-state index is -3.77. The number of hydrogen-bond donors (Lipinski definition) is 3. The van der Waals surface area contributed by atoms with Gasteiger partial charge in [-0.1, -0.05) is 0 Å². The van der Waals surface area contributed by atoms with Gasteiger partial charge in [0.1, 0.15) is 11.6 Å². The maximum absolute atomic E-state index is 12.6. The normalized spacial score (nSPS) is 14.9. The molecule has 0 unspecified atom stereocenters. The predicted octanol–water partition coefficient (Wildman–Crippen LogP) is 3.36. The Kier molecular flexibility index (Phi) is 5.70. The van der Waals surface area contributed by atoms with Gasteiger partial charge in [0, 0.05) is 29.7 Å². The Morgan fingerprint density at radius 2 is 1.65 bits per heavy atom. The Morgan fingerprint density at radius 1 is 1.00 bits per heavy atom. The van der Waals surface area contributed by atoms with E-state index in [9.17, 15) is 13.2 Å². The Labute approximate surface area is 198 Å². The highest BCUT2D eigenvalue weighted by Crippen LogP contribution is 2.39. The lowest BCUT2D eigenvalue weighted by atomic mass is 10.0. The fourth-order valence-electron chi connectivity index (χ4n) is 3.58. The molecular weight excluding hydrogens is 456 g/mol. The van der Waals surface area contributed by atoms with Crippen LogP contribution in [0.4, 0.5) is 28.8 Å². The second kappa shape index (κ2) is 8.26. The average Bonchev–Trinajstić information content (AvgIpc) is 2.76. The molecule has 2 aromatic carbocycles. The molecule has 178 valence electrons. The highest BCUT2D eigenvalue weighted by molar-refractivity contribution is 7.89. The standard InChI is InChI=1S/C23H26N6O4S/c1-13-14(2)25-22(27-15-6-9-17(10-7-15)34(24,31)32)28-20(13)26-16-8-11-19-18(12-16)29(5)21(30)23(3,4)33-19/h6-12H,1-5H3,(H2,24,31,32)(H2,25,26,27,28). The molecular formula is C23H26N6O4S. The molecule has 4 rings (SSSR count). The molecule has 1 aromatic heterocycles. The number of nitrogens with two attached hydrogens (primary N) is 1. The van der Waals surface area contributed by atoms with Crippen LogP contribution >= 0.6 is 0 Å². The van der Waals surface area contributed by atoms with Gasteiger partial charge in [0.25, 0.3) is 5.91 Å². The summed E-state index contributed by atoms with van der Waals surface area (Å²) in [5.41, 5.74) is 2.68. The first-order chi connectivity index (χ1) is 15.8. The molecule has 4 N–H and O–H groups in total. The Hall–Kier alpha value is -3.70. The van der Waals surface area contributed by atoms with Crippen molar-refractivity contribution in [3.63, 3.8) is 0 Å². The Morgan fingerprint density at radius 3 is 2.29 bits per heavy atom. The molecule has 0 aliphatic carbocycles. The summed E-state index contributed by atoms with van der Waals surface area (Å²) in [6, 6.07) is 11.5. The van der Waals surface area contributed by atoms with Gasteiger partial charge in [0.05, 0.1) is 10.6 Å². The SMILES string of the molecule is Cc1nc(Nc2ccc(S(N)(=O)=O)cc2)nc(Nc2ccc3c(c2)N(C)C(=O)C(C)(C)O3)c1C. The van der Waals surface area contributed by atoms with Crippen LogP contribution in [0.5, 0.6) is 5.75 Å². The number of rotatable bonds is 5. The monoisotopic (exact) mass is 482 g/mol. The van der Waals surface area contributed by atoms with Gasteiger partial charge >= 0.3 is 0 Å². The zero-order valence-corrected chi connectivity index (χ0v) is 20.3. The molecule has 0 bridgehead atoms. The molecule has 0 saturated heterocycles. The fourth-order valence-corrected chi connectivity index (χ4v) is 4.09. The molecule has 34 heavy (non-hydrogen) atoms. The van der Waals surface area contributed by atoms with Crippen LogP contribution in [-0.4, -0.2) is 36.9 Å². The lowest BCUT2D eigenvalue weighted by Crippen LogP contribution is -2.50. The fraction of sp³-hybridized carbons (Fsp3) is 0.261. The van der Waals surface area contributed by atoms with Crippen LogP contribution in [-0.2, 0) is 14.8 Å². The van der Waals surface area contributed by atoms with Crippen molar-refractivity contribution in [3.05, 3.63) is 53.7 Å². The van der Waals surface area contributed by atoms with Gasteiger partial charge in [0.15, 0.2) is 5.60 Å². The molecule has 2 heterocycles.